The number of aromatic nitrogens is 3. The van der Waals surface area contributed by atoms with Gasteiger partial charge in [-0.15, -0.1) is 0 Å². The van der Waals surface area contributed by atoms with Crippen molar-refractivity contribution in [3.05, 3.63) is 144 Å². The van der Waals surface area contributed by atoms with Gasteiger partial charge in [-0.25, -0.2) is 0 Å². The molecule has 8 aromatic rings. The highest BCUT2D eigenvalue weighted by molar-refractivity contribution is 6.23. The highest BCUT2D eigenvalue weighted by atomic mass is 15.1. The van der Waals surface area contributed by atoms with Gasteiger partial charge in [0.25, 0.3) is 0 Å². The van der Waals surface area contributed by atoms with Gasteiger partial charge in [0.15, 0.2) is 24.1 Å². The second-order valence-corrected chi connectivity index (χ2v) is 12.6. The molecule has 3 heteroatoms. The van der Waals surface area contributed by atoms with Gasteiger partial charge in [-0.1, -0.05) is 54.6 Å². The lowest BCUT2D eigenvalue weighted by atomic mass is 9.77. The number of benzene rings is 4. The van der Waals surface area contributed by atoms with Crippen LogP contribution in [0.1, 0.15) is 34.6 Å². The Morgan fingerprint density at radius 2 is 1.44 bits per heavy atom. The highest BCUT2D eigenvalue weighted by Gasteiger charge is 2.56. The van der Waals surface area contributed by atoms with Crippen LogP contribution in [-0.4, -0.2) is 4.40 Å². The average Bonchev–Trinajstić information content (AvgIpc) is 3.69. The Hall–Kier alpha value is -5.28. The van der Waals surface area contributed by atoms with Crippen LogP contribution in [0.3, 0.4) is 0 Å². The Kier molecular flexibility index (Phi) is 3.93. The van der Waals surface area contributed by atoms with Crippen molar-refractivity contribution in [1.29, 1.82) is 0 Å². The van der Waals surface area contributed by atoms with Crippen molar-refractivity contribution in [2.24, 2.45) is 0 Å². The van der Waals surface area contributed by atoms with Gasteiger partial charge in [-0.2, -0.15) is 9.13 Å². The van der Waals surface area contributed by atoms with E-state index in [1.807, 2.05) is 0 Å². The number of para-hydroxylation sites is 2. The second kappa shape index (κ2) is 7.56. The number of fused-ring (bicyclic) bond motifs is 14. The molecule has 4 aromatic heterocycles. The smallest absolute Gasteiger partial charge is 0.218 e. The summed E-state index contributed by atoms with van der Waals surface area (Å²) >= 11 is 0. The minimum absolute atomic E-state index is 0.236. The molecular formula is C40H27N3+2. The second-order valence-electron chi connectivity index (χ2n) is 12.6. The first-order valence-electron chi connectivity index (χ1n) is 15.3. The lowest BCUT2D eigenvalue weighted by molar-refractivity contribution is -0.719. The molecule has 2 bridgehead atoms. The molecule has 3 aliphatic rings. The number of nitrogens with zero attached hydrogens (tertiary/aromatic N) is 3. The molecule has 0 radical (unpaired) electrons. The molecule has 3 atom stereocenters. The summed E-state index contributed by atoms with van der Waals surface area (Å²) in [5.41, 5.74) is 14.7. The summed E-state index contributed by atoms with van der Waals surface area (Å²) in [6.07, 6.45) is 7.25. The molecule has 0 spiro atoms. The van der Waals surface area contributed by atoms with Gasteiger partial charge in [0.1, 0.15) is 5.92 Å². The Morgan fingerprint density at radius 3 is 2.40 bits per heavy atom. The van der Waals surface area contributed by atoms with Crippen molar-refractivity contribution < 1.29 is 9.13 Å². The first-order valence-corrected chi connectivity index (χ1v) is 15.3. The molecule has 0 N–H and O–H groups in total. The summed E-state index contributed by atoms with van der Waals surface area (Å²) in [6, 6.07) is 41.3. The van der Waals surface area contributed by atoms with Gasteiger partial charge in [0.2, 0.25) is 11.4 Å². The fraction of sp³-hybridized carbons (Fsp3) is 0.100. The first kappa shape index (κ1) is 22.3. The van der Waals surface area contributed by atoms with E-state index in [2.05, 4.69) is 148 Å². The standard InChI is InChI=1S/C40H27N3/c1-23-16-17-34-24-9-2-3-11-26(24)38-37-21-32(40(38)42(34)22-23)29-20-36-30(19-31(29)33-14-6-7-18-41(33)37)28-13-8-12-27-25-10-4-5-15-35(25)43(36)39(27)28/h2-22,32,38,40H,1H3/q+2. The van der Waals surface area contributed by atoms with Crippen LogP contribution in [0.2, 0.25) is 0 Å². The van der Waals surface area contributed by atoms with E-state index >= 15 is 0 Å². The van der Waals surface area contributed by atoms with Crippen molar-refractivity contribution >= 4 is 43.8 Å². The maximum Gasteiger partial charge on any atom is 0.218 e. The minimum atomic E-state index is 0.236. The number of allylic oxidation sites excluding steroid dienone is 2. The lowest BCUT2D eigenvalue weighted by Crippen LogP contribution is -2.51. The molecule has 200 valence electrons. The molecule has 0 saturated heterocycles. The summed E-state index contributed by atoms with van der Waals surface area (Å²) in [5, 5.41) is 5.33. The van der Waals surface area contributed by atoms with Crippen LogP contribution in [0.25, 0.3) is 66.3 Å². The maximum absolute atomic E-state index is 2.60. The van der Waals surface area contributed by atoms with Crippen molar-refractivity contribution in [2.75, 3.05) is 0 Å². The maximum atomic E-state index is 2.60. The molecule has 43 heavy (non-hydrogen) atoms. The third kappa shape index (κ3) is 2.59. The van der Waals surface area contributed by atoms with Crippen molar-refractivity contribution in [3.63, 3.8) is 0 Å². The van der Waals surface area contributed by atoms with Crippen LogP contribution in [0.5, 0.6) is 0 Å². The predicted molar refractivity (Wildman–Crippen MR) is 172 cm³/mol. The van der Waals surface area contributed by atoms with Crippen LogP contribution in [-0.2, 0) is 0 Å². The molecule has 0 amide bonds. The van der Waals surface area contributed by atoms with Crippen LogP contribution in [0, 0.1) is 6.92 Å². The van der Waals surface area contributed by atoms with E-state index in [1.54, 1.807) is 0 Å². The Bertz CT molecular complexity index is 2550. The van der Waals surface area contributed by atoms with E-state index in [9.17, 15) is 0 Å². The fourth-order valence-electron chi connectivity index (χ4n) is 8.93. The Morgan fingerprint density at radius 1 is 0.628 bits per heavy atom. The van der Waals surface area contributed by atoms with E-state index in [-0.39, 0.29) is 17.9 Å². The summed E-state index contributed by atoms with van der Waals surface area (Å²) in [7, 11) is 0. The van der Waals surface area contributed by atoms with E-state index in [4.69, 9.17) is 0 Å². The molecule has 2 aliphatic heterocycles. The first-order chi connectivity index (χ1) is 21.3. The molecule has 6 heterocycles. The molecule has 4 aromatic carbocycles. The highest BCUT2D eigenvalue weighted by Crippen LogP contribution is 2.56. The topological polar surface area (TPSA) is 12.2 Å². The number of pyridine rings is 2. The lowest BCUT2D eigenvalue weighted by Gasteiger charge is -2.30. The molecule has 3 nitrogen and oxygen atoms in total. The summed E-state index contributed by atoms with van der Waals surface area (Å²) < 4.78 is 7.61. The fourth-order valence-corrected chi connectivity index (χ4v) is 8.93. The van der Waals surface area contributed by atoms with E-state index in [0.717, 1.165) is 0 Å². The number of hydrogen-bond acceptors (Lipinski definition) is 0. The summed E-state index contributed by atoms with van der Waals surface area (Å²) in [5.74, 6) is 0.504. The zero-order valence-electron chi connectivity index (χ0n) is 23.7. The van der Waals surface area contributed by atoms with Crippen LogP contribution in [0.4, 0.5) is 0 Å². The average molecular weight is 550 g/mol. The van der Waals surface area contributed by atoms with Crippen LogP contribution >= 0.6 is 0 Å². The quantitative estimate of drug-likeness (QED) is 0.169. The number of aryl methyl sites for hydroxylation is 1. The zero-order chi connectivity index (χ0) is 28.0. The van der Waals surface area contributed by atoms with Crippen LogP contribution < -0.4 is 9.13 Å². The molecule has 11 rings (SSSR count). The van der Waals surface area contributed by atoms with Gasteiger partial charge in [0.05, 0.1) is 33.6 Å². The van der Waals surface area contributed by atoms with Gasteiger partial charge >= 0.3 is 0 Å². The van der Waals surface area contributed by atoms with Crippen molar-refractivity contribution in [3.8, 4) is 22.5 Å². The predicted octanol–water partition coefficient (Wildman–Crippen LogP) is 8.34. The monoisotopic (exact) mass is 549 g/mol. The molecule has 0 fully saturated rings. The zero-order valence-corrected chi connectivity index (χ0v) is 23.7. The SMILES string of the molecule is Cc1ccc2[n+](c1)C1C3C=C(C1c1ccccc1-2)[n+]1ccccc1-c1cc2c4cccc5c6ccccc6n(c2cc13)c54. The summed E-state index contributed by atoms with van der Waals surface area (Å²) in [6.45, 7) is 2.22. The van der Waals surface area contributed by atoms with Gasteiger partial charge in [-0.05, 0) is 60.5 Å². The van der Waals surface area contributed by atoms with Crippen molar-refractivity contribution in [1.82, 2.24) is 4.40 Å². The number of hydrogen-bond donors (Lipinski definition) is 0. The van der Waals surface area contributed by atoms with Gasteiger partial charge in [0, 0.05) is 45.3 Å². The summed E-state index contributed by atoms with van der Waals surface area (Å²) in [4.78, 5) is 0. The van der Waals surface area contributed by atoms with Crippen LogP contribution in [0.15, 0.2) is 128 Å². The number of rotatable bonds is 0. The third-order valence-corrected chi connectivity index (χ3v) is 10.6. The molecular weight excluding hydrogens is 522 g/mol. The van der Waals surface area contributed by atoms with Crippen molar-refractivity contribution in [2.45, 2.75) is 24.8 Å². The van der Waals surface area contributed by atoms with E-state index < -0.39 is 0 Å². The largest absolute Gasteiger partial charge is 0.308 e. The Labute approximate surface area is 248 Å². The van der Waals surface area contributed by atoms with Gasteiger partial charge < -0.3 is 4.40 Å². The minimum Gasteiger partial charge on any atom is -0.308 e. The Balaban J connectivity index is 1.29. The third-order valence-electron chi connectivity index (χ3n) is 10.6. The van der Waals surface area contributed by atoms with E-state index in [0.29, 0.717) is 0 Å². The molecule has 1 aliphatic carbocycles. The molecule has 0 saturated carbocycles. The normalized spacial score (nSPS) is 19.7. The van der Waals surface area contributed by atoms with Gasteiger partial charge in [-0.3, -0.25) is 0 Å². The molecule has 3 unspecified atom stereocenters. The van der Waals surface area contributed by atoms with E-state index in [1.165, 1.54) is 83.0 Å².